The minimum absolute atomic E-state index is 0.0712. The number of hydrogen-bond acceptors (Lipinski definition) is 4. The molecule has 9 heteroatoms. The van der Waals surface area contributed by atoms with Crippen LogP contribution in [0.1, 0.15) is 17.3 Å². The largest absolute Gasteiger partial charge is 0.506 e. The van der Waals surface area contributed by atoms with Gasteiger partial charge >= 0.3 is 5.97 Å². The molecule has 0 amide bonds. The zero-order chi connectivity index (χ0) is 19.9. The second-order valence-corrected chi connectivity index (χ2v) is 5.49. The zero-order valence-corrected chi connectivity index (χ0v) is 13.7. The first kappa shape index (κ1) is 18.4. The molecule has 0 aliphatic carbocycles. The van der Waals surface area contributed by atoms with Crippen LogP contribution in [0.2, 0.25) is 0 Å². The third-order valence-corrected chi connectivity index (χ3v) is 3.85. The zero-order valence-electron chi connectivity index (χ0n) is 13.7. The summed E-state index contributed by atoms with van der Waals surface area (Å²) in [6.45, 7) is 1.41. The van der Waals surface area contributed by atoms with E-state index >= 15 is 0 Å². The number of aromatic amines is 1. The Hall–Kier alpha value is -3.36. The first-order valence-electron chi connectivity index (χ1n) is 7.65. The molecule has 3 aromatic rings. The third kappa shape index (κ3) is 3.01. The van der Waals surface area contributed by atoms with Gasteiger partial charge in [-0.1, -0.05) is 0 Å². The van der Waals surface area contributed by atoms with Crippen molar-refractivity contribution >= 4 is 16.9 Å². The van der Waals surface area contributed by atoms with Gasteiger partial charge in [0.1, 0.15) is 17.4 Å². The number of hydrogen-bond donors (Lipinski definition) is 2. The molecule has 1 aromatic heterocycles. The SMILES string of the molecule is CCOC(=O)c1c(O)c2ccc(F)c(-c3cc(F)cc(F)c3F)c2[nH]c1=O. The maximum atomic E-state index is 14.4. The number of fused-ring (bicyclic) bond motifs is 1. The molecular weight excluding hydrogens is 370 g/mol. The Balaban J connectivity index is 2.42. The van der Waals surface area contributed by atoms with Crippen LogP contribution in [0.3, 0.4) is 0 Å². The number of rotatable bonds is 3. The number of H-pyrrole nitrogens is 1. The van der Waals surface area contributed by atoms with Gasteiger partial charge in [0.05, 0.1) is 12.1 Å². The summed E-state index contributed by atoms with van der Waals surface area (Å²) in [7, 11) is 0. The molecule has 0 fully saturated rings. The molecule has 1 heterocycles. The lowest BCUT2D eigenvalue weighted by atomic mass is 9.99. The molecule has 5 nitrogen and oxygen atoms in total. The van der Waals surface area contributed by atoms with Crippen molar-refractivity contribution in [1.29, 1.82) is 0 Å². The van der Waals surface area contributed by atoms with Crippen LogP contribution in [0.15, 0.2) is 29.1 Å². The van der Waals surface area contributed by atoms with Crippen molar-refractivity contribution in [2.45, 2.75) is 6.92 Å². The van der Waals surface area contributed by atoms with Crippen LogP contribution in [0.4, 0.5) is 17.6 Å². The van der Waals surface area contributed by atoms with Gasteiger partial charge in [-0.05, 0) is 25.1 Å². The van der Waals surface area contributed by atoms with E-state index in [1.54, 1.807) is 0 Å². The van der Waals surface area contributed by atoms with E-state index in [1.165, 1.54) is 6.92 Å². The fraction of sp³-hybridized carbons (Fsp3) is 0.111. The predicted octanol–water partition coefficient (Wildman–Crippen LogP) is 3.63. The lowest BCUT2D eigenvalue weighted by Crippen LogP contribution is -2.20. The molecule has 0 saturated heterocycles. The van der Waals surface area contributed by atoms with Gasteiger partial charge in [0.25, 0.3) is 5.56 Å². The highest BCUT2D eigenvalue weighted by Gasteiger charge is 2.25. The van der Waals surface area contributed by atoms with Crippen LogP contribution >= 0.6 is 0 Å². The van der Waals surface area contributed by atoms with Gasteiger partial charge in [0.15, 0.2) is 17.2 Å². The van der Waals surface area contributed by atoms with Crippen LogP contribution in [0, 0.1) is 23.3 Å². The second kappa shape index (κ2) is 6.75. The Morgan fingerprint density at radius 2 is 1.85 bits per heavy atom. The highest BCUT2D eigenvalue weighted by Crippen LogP contribution is 2.36. The van der Waals surface area contributed by atoms with Crippen molar-refractivity contribution in [3.63, 3.8) is 0 Å². The van der Waals surface area contributed by atoms with Gasteiger partial charge in [-0.15, -0.1) is 0 Å². The number of aromatic hydroxyl groups is 1. The average Bonchev–Trinajstić information content (AvgIpc) is 2.58. The molecular formula is C18H11F4NO4. The molecule has 0 bridgehead atoms. The maximum absolute atomic E-state index is 14.4. The van der Waals surface area contributed by atoms with Gasteiger partial charge in [-0.2, -0.15) is 0 Å². The summed E-state index contributed by atoms with van der Waals surface area (Å²) in [4.78, 5) is 26.2. The quantitative estimate of drug-likeness (QED) is 0.413. The number of esters is 1. The predicted molar refractivity (Wildman–Crippen MR) is 87.5 cm³/mol. The number of aromatic nitrogens is 1. The molecule has 27 heavy (non-hydrogen) atoms. The Morgan fingerprint density at radius 3 is 2.52 bits per heavy atom. The van der Waals surface area contributed by atoms with Crippen molar-refractivity contribution in [1.82, 2.24) is 4.98 Å². The topological polar surface area (TPSA) is 79.4 Å². The maximum Gasteiger partial charge on any atom is 0.347 e. The van der Waals surface area contributed by atoms with Crippen molar-refractivity contribution in [3.05, 3.63) is 63.5 Å². The summed E-state index contributed by atoms with van der Waals surface area (Å²) in [6, 6.07) is 2.65. The number of nitrogens with one attached hydrogen (secondary N) is 1. The second-order valence-electron chi connectivity index (χ2n) is 5.49. The lowest BCUT2D eigenvalue weighted by molar-refractivity contribution is 0.0521. The number of benzene rings is 2. The van der Waals surface area contributed by atoms with E-state index in [4.69, 9.17) is 0 Å². The van der Waals surface area contributed by atoms with Crippen molar-refractivity contribution < 1.29 is 32.2 Å². The molecule has 2 N–H and O–H groups in total. The van der Waals surface area contributed by atoms with Gasteiger partial charge in [-0.25, -0.2) is 22.4 Å². The van der Waals surface area contributed by atoms with E-state index in [9.17, 15) is 32.3 Å². The fourth-order valence-corrected chi connectivity index (χ4v) is 2.72. The lowest BCUT2D eigenvalue weighted by Gasteiger charge is -2.12. The van der Waals surface area contributed by atoms with E-state index in [-0.39, 0.29) is 18.1 Å². The molecule has 3 rings (SSSR count). The van der Waals surface area contributed by atoms with Gasteiger partial charge in [-0.3, -0.25) is 4.79 Å². The Morgan fingerprint density at radius 1 is 1.15 bits per heavy atom. The van der Waals surface area contributed by atoms with Gasteiger partial charge < -0.3 is 14.8 Å². The third-order valence-electron chi connectivity index (χ3n) is 3.85. The van der Waals surface area contributed by atoms with Crippen LogP contribution in [-0.4, -0.2) is 22.7 Å². The standard InChI is InChI=1S/C18H11F4NO4/c1-2-27-18(26)13-16(24)8-3-4-10(20)12(15(8)23-17(13)25)9-5-7(19)6-11(21)14(9)22/h3-6H,2H2,1H3,(H2,23,24,25). The monoisotopic (exact) mass is 381 g/mol. The summed E-state index contributed by atoms with van der Waals surface area (Å²) < 4.78 is 60.3. The van der Waals surface area contributed by atoms with E-state index in [0.717, 1.165) is 12.1 Å². The summed E-state index contributed by atoms with van der Waals surface area (Å²) in [5, 5.41) is 10.0. The number of ether oxygens (including phenoxy) is 1. The average molecular weight is 381 g/mol. The summed E-state index contributed by atoms with van der Waals surface area (Å²) in [5.74, 6) is -7.33. The molecule has 140 valence electrons. The molecule has 0 radical (unpaired) electrons. The number of carbonyl (C=O) groups excluding carboxylic acids is 1. The van der Waals surface area contributed by atoms with Gasteiger partial charge in [0.2, 0.25) is 0 Å². The number of pyridine rings is 1. The minimum Gasteiger partial charge on any atom is -0.506 e. The highest BCUT2D eigenvalue weighted by molar-refractivity contribution is 6.03. The van der Waals surface area contributed by atoms with Crippen LogP contribution < -0.4 is 5.56 Å². The first-order valence-corrected chi connectivity index (χ1v) is 7.65. The molecule has 0 unspecified atom stereocenters. The van der Waals surface area contributed by atoms with Crippen molar-refractivity contribution in [2.75, 3.05) is 6.61 Å². The smallest absolute Gasteiger partial charge is 0.347 e. The van der Waals surface area contributed by atoms with Crippen LogP contribution in [-0.2, 0) is 4.74 Å². The van der Waals surface area contributed by atoms with E-state index in [1.807, 2.05) is 0 Å². The molecule has 0 aliphatic heterocycles. The van der Waals surface area contributed by atoms with Gasteiger partial charge in [0, 0.05) is 22.6 Å². The minimum atomic E-state index is -1.56. The number of carbonyl (C=O) groups is 1. The van der Waals surface area contributed by atoms with E-state index in [2.05, 4.69) is 9.72 Å². The van der Waals surface area contributed by atoms with Crippen molar-refractivity contribution in [3.8, 4) is 16.9 Å². The summed E-state index contributed by atoms with van der Waals surface area (Å²) >= 11 is 0. The molecule has 0 atom stereocenters. The normalized spacial score (nSPS) is 11.0. The fourth-order valence-electron chi connectivity index (χ4n) is 2.72. The first-order chi connectivity index (χ1) is 12.8. The van der Waals surface area contributed by atoms with Crippen LogP contribution in [0.5, 0.6) is 5.75 Å². The van der Waals surface area contributed by atoms with Crippen LogP contribution in [0.25, 0.3) is 22.0 Å². The Kier molecular flexibility index (Phi) is 4.61. The van der Waals surface area contributed by atoms with E-state index < -0.39 is 62.8 Å². The highest BCUT2D eigenvalue weighted by atomic mass is 19.2. The molecule has 0 spiro atoms. The Labute approximate surface area is 148 Å². The van der Waals surface area contributed by atoms with E-state index in [0.29, 0.717) is 6.07 Å². The summed E-state index contributed by atoms with van der Waals surface area (Å²) in [6.07, 6.45) is 0. The van der Waals surface area contributed by atoms with Crippen molar-refractivity contribution in [2.24, 2.45) is 0 Å². The molecule has 0 saturated carbocycles. The summed E-state index contributed by atoms with van der Waals surface area (Å²) in [5.41, 5.74) is -3.77. The molecule has 2 aromatic carbocycles. The Bertz CT molecular complexity index is 1140. The number of halogens is 4. The molecule has 0 aliphatic rings.